The number of fused-ring (bicyclic) bond motifs is 2. The number of hydrogen-bond acceptors (Lipinski definition) is 6. The molecule has 4 rings (SSSR count). The van der Waals surface area contributed by atoms with E-state index >= 15 is 0 Å². The maximum atomic E-state index is 12.5. The van der Waals surface area contributed by atoms with Crippen molar-refractivity contribution in [1.29, 1.82) is 0 Å². The molecular formula is C20H19N3O2S2. The molecule has 2 aromatic carbocycles. The zero-order valence-corrected chi connectivity index (χ0v) is 16.2. The quantitative estimate of drug-likeness (QED) is 0.450. The highest BCUT2D eigenvalue weighted by Crippen LogP contribution is 2.29. The second-order valence-corrected chi connectivity index (χ2v) is 8.63. The summed E-state index contributed by atoms with van der Waals surface area (Å²) in [6, 6.07) is 13.8. The zero-order valence-electron chi connectivity index (χ0n) is 14.6. The van der Waals surface area contributed by atoms with Crippen LogP contribution >= 0.6 is 11.3 Å². The third kappa shape index (κ3) is 4.00. The Hall–Kier alpha value is -2.35. The maximum Gasteiger partial charge on any atom is 0.0832 e. The van der Waals surface area contributed by atoms with Gasteiger partial charge in [-0.1, -0.05) is 0 Å². The zero-order chi connectivity index (χ0) is 18.6. The van der Waals surface area contributed by atoms with Crippen LogP contribution in [0.4, 0.5) is 11.4 Å². The molecule has 0 bridgehead atoms. The summed E-state index contributed by atoms with van der Waals surface area (Å²) in [5, 5.41) is 13.3. The van der Waals surface area contributed by atoms with E-state index in [4.69, 9.17) is 5.11 Å². The topological polar surface area (TPSA) is 75.1 Å². The maximum absolute atomic E-state index is 12.5. The van der Waals surface area contributed by atoms with Crippen molar-refractivity contribution < 1.29 is 9.32 Å². The highest BCUT2D eigenvalue weighted by molar-refractivity contribution is 7.85. The fourth-order valence-electron chi connectivity index (χ4n) is 2.93. The van der Waals surface area contributed by atoms with Gasteiger partial charge in [0.25, 0.3) is 0 Å². The van der Waals surface area contributed by atoms with E-state index in [9.17, 15) is 4.21 Å². The largest absolute Gasteiger partial charge is 0.396 e. The summed E-state index contributed by atoms with van der Waals surface area (Å²) in [7, 11) is -1.08. The predicted molar refractivity (Wildman–Crippen MR) is 112 cm³/mol. The van der Waals surface area contributed by atoms with Crippen molar-refractivity contribution in [1.82, 2.24) is 9.97 Å². The number of hydrogen-bond donors (Lipinski definition) is 2. The van der Waals surface area contributed by atoms with Crippen molar-refractivity contribution in [3.63, 3.8) is 0 Å². The Morgan fingerprint density at radius 1 is 1.04 bits per heavy atom. The first kappa shape index (κ1) is 18.0. The Morgan fingerprint density at radius 3 is 2.85 bits per heavy atom. The van der Waals surface area contributed by atoms with E-state index in [0.717, 1.165) is 43.8 Å². The minimum absolute atomic E-state index is 0.135. The molecule has 2 heterocycles. The molecule has 138 valence electrons. The third-order valence-corrected chi connectivity index (χ3v) is 6.57. The molecule has 0 aliphatic rings. The first-order valence-corrected chi connectivity index (χ1v) is 10.9. The number of nitrogens with zero attached hydrogens (tertiary/aromatic N) is 2. The van der Waals surface area contributed by atoms with E-state index in [1.165, 1.54) is 0 Å². The van der Waals surface area contributed by atoms with Crippen LogP contribution in [-0.2, 0) is 10.8 Å². The lowest BCUT2D eigenvalue weighted by Crippen LogP contribution is -2.00. The number of unbranched alkanes of at least 4 members (excludes halogenated alkanes) is 1. The molecule has 1 atom stereocenters. The second-order valence-electron chi connectivity index (χ2n) is 6.18. The molecule has 0 aliphatic heterocycles. The van der Waals surface area contributed by atoms with Gasteiger partial charge >= 0.3 is 0 Å². The molecule has 0 saturated heterocycles. The fraction of sp³-hybridized carbons (Fsp3) is 0.200. The summed E-state index contributed by atoms with van der Waals surface area (Å²) in [6.07, 6.45) is 3.18. The van der Waals surface area contributed by atoms with Gasteiger partial charge in [0.1, 0.15) is 0 Å². The molecule has 2 N–H and O–H groups in total. The van der Waals surface area contributed by atoms with E-state index in [1.807, 2.05) is 41.9 Å². The van der Waals surface area contributed by atoms with Crippen molar-refractivity contribution in [2.24, 2.45) is 0 Å². The normalized spacial score (nSPS) is 12.5. The molecule has 4 aromatic rings. The molecule has 7 heteroatoms. The van der Waals surface area contributed by atoms with E-state index < -0.39 is 10.8 Å². The number of thiazole rings is 1. The Morgan fingerprint density at radius 2 is 1.96 bits per heavy atom. The minimum atomic E-state index is -1.08. The average molecular weight is 398 g/mol. The summed E-state index contributed by atoms with van der Waals surface area (Å²) in [4.78, 5) is 9.57. The van der Waals surface area contributed by atoms with Gasteiger partial charge in [-0.2, -0.15) is 0 Å². The summed E-state index contributed by atoms with van der Waals surface area (Å²) >= 11 is 1.62. The fourth-order valence-corrected chi connectivity index (χ4v) is 4.76. The minimum Gasteiger partial charge on any atom is -0.396 e. The lowest BCUT2D eigenvalue weighted by molar-refractivity contribution is 0.287. The van der Waals surface area contributed by atoms with Gasteiger partial charge in [-0.3, -0.25) is 9.19 Å². The second kappa shape index (κ2) is 8.12. The highest BCUT2D eigenvalue weighted by atomic mass is 32.2. The van der Waals surface area contributed by atoms with E-state index in [2.05, 4.69) is 21.4 Å². The Labute approximate surface area is 163 Å². The van der Waals surface area contributed by atoms with Gasteiger partial charge in [0.15, 0.2) is 0 Å². The van der Waals surface area contributed by atoms with Crippen LogP contribution in [-0.4, -0.2) is 31.6 Å². The smallest absolute Gasteiger partial charge is 0.0832 e. The molecule has 0 spiro atoms. The molecule has 0 radical (unpaired) electrons. The van der Waals surface area contributed by atoms with E-state index in [-0.39, 0.29) is 6.61 Å². The van der Waals surface area contributed by atoms with Crippen LogP contribution in [0, 0.1) is 0 Å². The highest BCUT2D eigenvalue weighted by Gasteiger charge is 2.09. The van der Waals surface area contributed by atoms with Crippen LogP contribution in [0.5, 0.6) is 0 Å². The summed E-state index contributed by atoms with van der Waals surface area (Å²) in [5.74, 6) is 0.551. The van der Waals surface area contributed by atoms with Crippen molar-refractivity contribution in [2.45, 2.75) is 17.7 Å². The van der Waals surface area contributed by atoms with Crippen LogP contribution in [0.2, 0.25) is 0 Å². The summed E-state index contributed by atoms with van der Waals surface area (Å²) in [6.45, 7) is 0.135. The predicted octanol–water partition coefficient (Wildman–Crippen LogP) is 4.47. The van der Waals surface area contributed by atoms with Crippen LogP contribution in [0.15, 0.2) is 59.1 Å². The molecule has 2 aromatic heterocycles. The molecule has 0 saturated carbocycles. The molecule has 0 fully saturated rings. The van der Waals surface area contributed by atoms with Gasteiger partial charge < -0.3 is 10.4 Å². The number of aliphatic hydroxyl groups excluding tert-OH is 1. The van der Waals surface area contributed by atoms with Crippen LogP contribution in [0.3, 0.4) is 0 Å². The Balaban J connectivity index is 1.65. The lowest BCUT2D eigenvalue weighted by Gasteiger charge is -2.11. The SMILES string of the molecule is O=S(CCCCO)c1ccc2nccc(Nc3ccc4scnc4c3)c2c1. The van der Waals surface area contributed by atoms with Crippen LogP contribution < -0.4 is 5.32 Å². The Bertz CT molecular complexity index is 1110. The van der Waals surface area contributed by atoms with Gasteiger partial charge in [0.05, 0.1) is 32.0 Å². The van der Waals surface area contributed by atoms with Gasteiger partial charge in [-0.05, 0) is 55.3 Å². The molecule has 0 aliphatic carbocycles. The summed E-state index contributed by atoms with van der Waals surface area (Å²) < 4.78 is 13.7. The van der Waals surface area contributed by atoms with Crippen LogP contribution in [0.25, 0.3) is 21.1 Å². The molecule has 1 unspecified atom stereocenters. The van der Waals surface area contributed by atoms with E-state index in [1.54, 1.807) is 17.5 Å². The molecular weight excluding hydrogens is 378 g/mol. The number of benzene rings is 2. The first-order chi connectivity index (χ1) is 13.2. The Kier molecular flexibility index (Phi) is 5.42. The molecule has 0 amide bonds. The van der Waals surface area contributed by atoms with Crippen LogP contribution in [0.1, 0.15) is 12.8 Å². The van der Waals surface area contributed by atoms with E-state index in [0.29, 0.717) is 12.2 Å². The van der Waals surface area contributed by atoms with Gasteiger partial charge in [-0.25, -0.2) is 4.98 Å². The van der Waals surface area contributed by atoms with Gasteiger partial charge in [-0.15, -0.1) is 11.3 Å². The number of pyridine rings is 1. The number of aliphatic hydroxyl groups is 1. The van der Waals surface area contributed by atoms with Crippen molar-refractivity contribution >= 4 is 54.6 Å². The van der Waals surface area contributed by atoms with Crippen molar-refractivity contribution in [3.8, 4) is 0 Å². The molecule has 5 nitrogen and oxygen atoms in total. The standard InChI is InChI=1S/C20H19N3O2S2/c24-9-1-2-10-27(25)15-4-5-17-16(12-15)18(7-8-21-17)23-14-3-6-20-19(11-14)22-13-26-20/h3-8,11-13,24H,1-2,9-10H2,(H,21,23). The van der Waals surface area contributed by atoms with Gasteiger partial charge in [0.2, 0.25) is 0 Å². The number of nitrogens with one attached hydrogen (secondary N) is 1. The first-order valence-electron chi connectivity index (χ1n) is 8.73. The number of rotatable bonds is 7. The molecule has 27 heavy (non-hydrogen) atoms. The summed E-state index contributed by atoms with van der Waals surface area (Å²) in [5.41, 5.74) is 5.54. The number of aromatic nitrogens is 2. The van der Waals surface area contributed by atoms with Crippen molar-refractivity contribution in [2.75, 3.05) is 17.7 Å². The van der Waals surface area contributed by atoms with Gasteiger partial charge in [0, 0.05) is 40.2 Å². The average Bonchev–Trinajstić information content (AvgIpc) is 3.16. The van der Waals surface area contributed by atoms with Crippen molar-refractivity contribution in [3.05, 3.63) is 54.2 Å². The lowest BCUT2D eigenvalue weighted by atomic mass is 10.2. The third-order valence-electron chi connectivity index (χ3n) is 4.32. The number of anilines is 2. The monoisotopic (exact) mass is 397 g/mol.